The van der Waals surface area contributed by atoms with Crippen molar-refractivity contribution >= 4 is 22.5 Å². The molecule has 0 atom stereocenters. The Kier molecular flexibility index (Phi) is 4.07. The zero-order valence-electron chi connectivity index (χ0n) is 13.7. The minimum atomic E-state index is -0.0963. The van der Waals surface area contributed by atoms with Crippen molar-refractivity contribution in [1.82, 2.24) is 4.98 Å². The largest absolute Gasteiger partial charge is 0.378 e. The van der Waals surface area contributed by atoms with Crippen LogP contribution in [-0.2, 0) is 4.74 Å². The first-order valence-electron chi connectivity index (χ1n) is 8.32. The number of carbonyl (C=O) groups is 1. The number of morpholine rings is 1. The van der Waals surface area contributed by atoms with Gasteiger partial charge in [-0.05, 0) is 12.1 Å². The zero-order valence-corrected chi connectivity index (χ0v) is 13.7. The fraction of sp³-hybridized carbons (Fsp3) is 0.200. The maximum atomic E-state index is 12.9. The molecule has 2 aromatic carbocycles. The standard InChI is InChI=1S/C20H18N2O3/c23-17-13-18(22-9-11-25-12-10-22)21-19-15(17)7-4-8-16(19)20(24)14-5-2-1-3-6-14/h1-8,13H,9-12H2,(H,21,23). The van der Waals surface area contributed by atoms with Crippen LogP contribution < -0.4 is 10.3 Å². The van der Waals surface area contributed by atoms with E-state index in [2.05, 4.69) is 9.88 Å². The lowest BCUT2D eigenvalue weighted by Crippen LogP contribution is -2.37. The average Bonchev–Trinajstić information content (AvgIpc) is 2.68. The number of aromatic amines is 1. The third kappa shape index (κ3) is 2.94. The van der Waals surface area contributed by atoms with Gasteiger partial charge in [-0.25, -0.2) is 0 Å². The number of hydrogen-bond acceptors (Lipinski definition) is 4. The van der Waals surface area contributed by atoms with Gasteiger partial charge in [0, 0.05) is 35.7 Å². The number of carbonyl (C=O) groups excluding carboxylic acids is 1. The van der Waals surface area contributed by atoms with Crippen molar-refractivity contribution in [2.75, 3.05) is 31.2 Å². The van der Waals surface area contributed by atoms with Gasteiger partial charge in [-0.1, -0.05) is 36.4 Å². The molecule has 1 aromatic heterocycles. The molecule has 1 aliphatic heterocycles. The molecule has 0 unspecified atom stereocenters. The molecule has 0 aliphatic carbocycles. The molecule has 0 saturated carbocycles. The van der Waals surface area contributed by atoms with E-state index in [1.54, 1.807) is 36.4 Å². The highest BCUT2D eigenvalue weighted by atomic mass is 16.5. The van der Waals surface area contributed by atoms with Gasteiger partial charge in [0.2, 0.25) is 0 Å². The van der Waals surface area contributed by atoms with Gasteiger partial charge in [0.15, 0.2) is 11.2 Å². The van der Waals surface area contributed by atoms with Gasteiger partial charge in [0.05, 0.1) is 18.7 Å². The van der Waals surface area contributed by atoms with Crippen molar-refractivity contribution in [1.29, 1.82) is 0 Å². The molecule has 1 fully saturated rings. The molecule has 1 aliphatic rings. The van der Waals surface area contributed by atoms with E-state index < -0.39 is 0 Å². The van der Waals surface area contributed by atoms with E-state index in [1.165, 1.54) is 0 Å². The normalized spacial score (nSPS) is 14.6. The summed E-state index contributed by atoms with van der Waals surface area (Å²) in [6.45, 7) is 2.70. The Morgan fingerprint density at radius 1 is 1.00 bits per heavy atom. The van der Waals surface area contributed by atoms with Gasteiger partial charge in [-0.2, -0.15) is 0 Å². The third-order valence-electron chi connectivity index (χ3n) is 4.48. The lowest BCUT2D eigenvalue weighted by molar-refractivity contribution is 0.104. The molecule has 2 heterocycles. The number of hydrogen-bond donors (Lipinski definition) is 1. The molecule has 0 bridgehead atoms. The van der Waals surface area contributed by atoms with Gasteiger partial charge < -0.3 is 14.6 Å². The smallest absolute Gasteiger partial charge is 0.195 e. The van der Waals surface area contributed by atoms with Crippen molar-refractivity contribution < 1.29 is 9.53 Å². The van der Waals surface area contributed by atoms with Crippen molar-refractivity contribution in [3.63, 3.8) is 0 Å². The SMILES string of the molecule is O=C(c1ccccc1)c1cccc2c(=O)cc(N3CCOCC3)[nH]c12. The highest BCUT2D eigenvalue weighted by molar-refractivity contribution is 6.15. The first-order valence-corrected chi connectivity index (χ1v) is 8.32. The Morgan fingerprint density at radius 2 is 1.76 bits per heavy atom. The van der Waals surface area contributed by atoms with Crippen molar-refractivity contribution in [2.24, 2.45) is 0 Å². The number of ketones is 1. The Hall–Kier alpha value is -2.92. The Morgan fingerprint density at radius 3 is 2.52 bits per heavy atom. The van der Waals surface area contributed by atoms with Crippen LogP contribution in [0.15, 0.2) is 59.4 Å². The monoisotopic (exact) mass is 334 g/mol. The van der Waals surface area contributed by atoms with E-state index in [4.69, 9.17) is 4.74 Å². The van der Waals surface area contributed by atoms with Crippen LogP contribution in [0, 0.1) is 0 Å². The first kappa shape index (κ1) is 15.6. The first-order chi connectivity index (χ1) is 12.2. The molecule has 126 valence electrons. The van der Waals surface area contributed by atoms with Gasteiger partial charge >= 0.3 is 0 Å². The molecule has 5 heteroatoms. The summed E-state index contributed by atoms with van der Waals surface area (Å²) >= 11 is 0. The lowest BCUT2D eigenvalue weighted by Gasteiger charge is -2.28. The summed E-state index contributed by atoms with van der Waals surface area (Å²) in [6.07, 6.45) is 0. The van der Waals surface area contributed by atoms with Gasteiger partial charge in [0.1, 0.15) is 5.82 Å². The van der Waals surface area contributed by atoms with Crippen molar-refractivity contribution in [2.45, 2.75) is 0 Å². The number of benzene rings is 2. The number of para-hydroxylation sites is 1. The predicted octanol–water partition coefficient (Wildman–Crippen LogP) is 2.60. The third-order valence-corrected chi connectivity index (χ3v) is 4.48. The molecule has 0 amide bonds. The number of ether oxygens (including phenoxy) is 1. The quantitative estimate of drug-likeness (QED) is 0.748. The number of pyridine rings is 1. The molecule has 5 nitrogen and oxygen atoms in total. The maximum absolute atomic E-state index is 12.9. The maximum Gasteiger partial charge on any atom is 0.195 e. The molecule has 1 saturated heterocycles. The number of aromatic nitrogens is 1. The Bertz CT molecular complexity index is 973. The number of fused-ring (bicyclic) bond motifs is 1. The minimum Gasteiger partial charge on any atom is -0.378 e. The number of nitrogens with zero attached hydrogens (tertiary/aromatic N) is 1. The van der Waals surface area contributed by atoms with Gasteiger partial charge in [-0.15, -0.1) is 0 Å². The van der Waals surface area contributed by atoms with Gasteiger partial charge in [-0.3, -0.25) is 9.59 Å². The summed E-state index contributed by atoms with van der Waals surface area (Å²) in [5.74, 6) is 0.634. The summed E-state index contributed by atoms with van der Waals surface area (Å²) in [6, 6.07) is 16.0. The van der Waals surface area contributed by atoms with Crippen LogP contribution in [0.1, 0.15) is 15.9 Å². The van der Waals surface area contributed by atoms with Crippen LogP contribution in [0.3, 0.4) is 0 Å². The average molecular weight is 334 g/mol. The summed E-state index contributed by atoms with van der Waals surface area (Å²) < 4.78 is 5.37. The molecule has 4 rings (SSSR count). The summed E-state index contributed by atoms with van der Waals surface area (Å²) in [5, 5.41) is 0.527. The van der Waals surface area contributed by atoms with Crippen LogP contribution in [0.25, 0.3) is 10.9 Å². The second kappa shape index (κ2) is 6.53. The van der Waals surface area contributed by atoms with E-state index in [0.29, 0.717) is 35.2 Å². The van der Waals surface area contributed by atoms with Crippen molar-refractivity contribution in [3.05, 3.63) is 75.9 Å². The molecular formula is C20H18N2O3. The van der Waals surface area contributed by atoms with Crippen LogP contribution in [0.2, 0.25) is 0 Å². The van der Waals surface area contributed by atoms with Crippen molar-refractivity contribution in [3.8, 4) is 0 Å². The fourth-order valence-electron chi connectivity index (χ4n) is 3.17. The lowest BCUT2D eigenvalue weighted by atomic mass is 10.0. The van der Waals surface area contributed by atoms with Crippen LogP contribution in [-0.4, -0.2) is 37.1 Å². The topological polar surface area (TPSA) is 62.4 Å². The summed E-state index contributed by atoms with van der Waals surface area (Å²) in [7, 11) is 0. The van der Waals surface area contributed by atoms with E-state index >= 15 is 0 Å². The fourth-order valence-corrected chi connectivity index (χ4v) is 3.17. The Balaban J connectivity index is 1.86. The highest BCUT2D eigenvalue weighted by Crippen LogP contribution is 2.21. The van der Waals surface area contributed by atoms with Gasteiger partial charge in [0.25, 0.3) is 0 Å². The molecule has 0 spiro atoms. The molecule has 3 aromatic rings. The zero-order chi connectivity index (χ0) is 17.2. The Labute approximate surface area is 144 Å². The van der Waals surface area contributed by atoms with E-state index in [9.17, 15) is 9.59 Å². The number of H-pyrrole nitrogens is 1. The summed E-state index contributed by atoms with van der Waals surface area (Å²) in [5.41, 5.74) is 1.62. The van der Waals surface area contributed by atoms with E-state index in [-0.39, 0.29) is 11.2 Å². The van der Waals surface area contributed by atoms with Crippen LogP contribution >= 0.6 is 0 Å². The number of rotatable bonds is 3. The molecular weight excluding hydrogens is 316 g/mol. The predicted molar refractivity (Wildman–Crippen MR) is 97.5 cm³/mol. The number of nitrogens with one attached hydrogen (secondary N) is 1. The van der Waals surface area contributed by atoms with Crippen LogP contribution in [0.4, 0.5) is 5.82 Å². The number of anilines is 1. The highest BCUT2D eigenvalue weighted by Gasteiger charge is 2.17. The minimum absolute atomic E-state index is 0.0852. The van der Waals surface area contributed by atoms with E-state index in [0.717, 1.165) is 18.9 Å². The molecule has 25 heavy (non-hydrogen) atoms. The summed E-state index contributed by atoms with van der Waals surface area (Å²) in [4.78, 5) is 30.9. The molecule has 0 radical (unpaired) electrons. The second-order valence-electron chi connectivity index (χ2n) is 6.04. The van der Waals surface area contributed by atoms with E-state index in [1.807, 2.05) is 18.2 Å². The van der Waals surface area contributed by atoms with Crippen LogP contribution in [0.5, 0.6) is 0 Å². The second-order valence-corrected chi connectivity index (χ2v) is 6.04. The molecule has 1 N–H and O–H groups in total.